The molecule has 0 aromatic heterocycles. The highest BCUT2D eigenvalue weighted by Gasteiger charge is 2.49. The largest absolute Gasteiger partial charge is 0.462 e. The summed E-state index contributed by atoms with van der Waals surface area (Å²) in [5.41, 5.74) is -0.978. The van der Waals surface area contributed by atoms with E-state index in [0.717, 1.165) is 24.3 Å². The van der Waals surface area contributed by atoms with Gasteiger partial charge in [0.25, 0.3) is 5.79 Å². The Kier molecular flexibility index (Phi) is 7.79. The van der Waals surface area contributed by atoms with Crippen LogP contribution >= 0.6 is 11.6 Å². The molecular weight excluding hydrogens is 538 g/mol. The van der Waals surface area contributed by atoms with Crippen molar-refractivity contribution in [1.29, 1.82) is 0 Å². The Morgan fingerprint density at radius 2 is 1.53 bits per heavy atom. The molecule has 1 aliphatic rings. The molecule has 4 rings (SSSR count). The number of benzene rings is 3. The lowest BCUT2D eigenvalue weighted by Crippen LogP contribution is -2.48. The SMILES string of the molecule is CCOC(=O)C1(c2ccc(Cl)c(-c3cccc(C(F)(F)F)c3)c2)OCC(c2cccc(C(F)(F)F)c2)CO1. The first-order valence-electron chi connectivity index (χ1n) is 11.4. The van der Waals surface area contributed by atoms with Gasteiger partial charge in [-0.1, -0.05) is 48.0 Å². The first-order valence-corrected chi connectivity index (χ1v) is 11.8. The first-order chi connectivity index (χ1) is 17.8. The molecular formula is C27H21ClF6O4. The Morgan fingerprint density at radius 1 is 0.921 bits per heavy atom. The van der Waals surface area contributed by atoms with E-state index in [1.807, 2.05) is 0 Å². The average Bonchev–Trinajstić information content (AvgIpc) is 2.88. The smallest absolute Gasteiger partial charge is 0.416 e. The summed E-state index contributed by atoms with van der Waals surface area (Å²) >= 11 is 6.31. The molecule has 202 valence electrons. The topological polar surface area (TPSA) is 44.8 Å². The van der Waals surface area contributed by atoms with Crippen molar-refractivity contribution in [2.24, 2.45) is 0 Å². The Hall–Kier alpha value is -3.08. The van der Waals surface area contributed by atoms with Crippen molar-refractivity contribution in [3.05, 3.63) is 94.0 Å². The van der Waals surface area contributed by atoms with Crippen LogP contribution in [0.1, 0.15) is 35.1 Å². The summed E-state index contributed by atoms with van der Waals surface area (Å²) in [6.07, 6.45) is -9.12. The van der Waals surface area contributed by atoms with E-state index in [9.17, 15) is 31.1 Å². The van der Waals surface area contributed by atoms with Crippen LogP contribution in [0.3, 0.4) is 0 Å². The van der Waals surface area contributed by atoms with Crippen molar-refractivity contribution in [3.8, 4) is 11.1 Å². The molecule has 0 spiro atoms. The fraction of sp³-hybridized carbons (Fsp3) is 0.296. The molecule has 1 heterocycles. The fourth-order valence-electron chi connectivity index (χ4n) is 4.13. The van der Waals surface area contributed by atoms with Crippen LogP contribution in [-0.4, -0.2) is 25.8 Å². The van der Waals surface area contributed by atoms with Crippen LogP contribution in [0, 0.1) is 0 Å². The maximum absolute atomic E-state index is 13.3. The van der Waals surface area contributed by atoms with Crippen LogP contribution in [0.15, 0.2) is 66.7 Å². The minimum atomic E-state index is -4.58. The number of carbonyl (C=O) groups is 1. The van der Waals surface area contributed by atoms with E-state index in [0.29, 0.717) is 5.56 Å². The van der Waals surface area contributed by atoms with Crippen molar-refractivity contribution in [2.45, 2.75) is 31.0 Å². The third-order valence-corrected chi connectivity index (χ3v) is 6.38. The molecule has 1 saturated heterocycles. The molecule has 0 saturated carbocycles. The third-order valence-electron chi connectivity index (χ3n) is 6.05. The molecule has 0 N–H and O–H groups in total. The molecule has 0 atom stereocenters. The standard InChI is InChI=1S/C27H21ClF6O4/c1-2-36-24(35)25(37-14-18(15-38-25)16-5-3-7-20(11-16)26(29,30)31)19-9-10-23(28)22(13-19)17-6-4-8-21(12-17)27(32,33)34/h3-13,18H,2,14-15H2,1H3. The van der Waals surface area contributed by atoms with Crippen molar-refractivity contribution < 1.29 is 45.3 Å². The highest BCUT2D eigenvalue weighted by Crippen LogP contribution is 2.41. The van der Waals surface area contributed by atoms with Crippen molar-refractivity contribution >= 4 is 17.6 Å². The summed E-state index contributed by atoms with van der Waals surface area (Å²) < 4.78 is 96.2. The minimum absolute atomic E-state index is 0.0293. The minimum Gasteiger partial charge on any atom is -0.462 e. The second kappa shape index (κ2) is 10.6. The summed E-state index contributed by atoms with van der Waals surface area (Å²) in [5, 5.41) is 0.115. The molecule has 0 amide bonds. The number of halogens is 7. The van der Waals surface area contributed by atoms with Crippen LogP contribution in [0.25, 0.3) is 11.1 Å². The predicted octanol–water partition coefficient (Wildman–Crippen LogP) is 7.59. The van der Waals surface area contributed by atoms with Crippen LogP contribution in [0.4, 0.5) is 26.3 Å². The molecule has 3 aromatic rings. The molecule has 11 heteroatoms. The van der Waals surface area contributed by atoms with Crippen molar-refractivity contribution in [1.82, 2.24) is 0 Å². The normalized spacial score (nSPS) is 20.3. The van der Waals surface area contributed by atoms with Crippen LogP contribution in [0.2, 0.25) is 5.02 Å². The second-order valence-corrected chi connectivity index (χ2v) is 8.96. The van der Waals surface area contributed by atoms with Crippen LogP contribution in [0.5, 0.6) is 0 Å². The Bertz CT molecular complexity index is 1310. The number of rotatable bonds is 5. The molecule has 3 aromatic carbocycles. The number of esters is 1. The maximum Gasteiger partial charge on any atom is 0.416 e. The first kappa shape index (κ1) is 27.9. The van der Waals surface area contributed by atoms with Gasteiger partial charge >= 0.3 is 18.3 Å². The molecule has 1 fully saturated rings. The molecule has 4 nitrogen and oxygen atoms in total. The van der Waals surface area contributed by atoms with Crippen molar-refractivity contribution in [3.63, 3.8) is 0 Å². The summed E-state index contributed by atoms with van der Waals surface area (Å²) in [7, 11) is 0. The van der Waals surface area contributed by atoms with Gasteiger partial charge in [0.1, 0.15) is 0 Å². The van der Waals surface area contributed by atoms with Gasteiger partial charge in [-0.15, -0.1) is 0 Å². The molecule has 0 unspecified atom stereocenters. The fourth-order valence-corrected chi connectivity index (χ4v) is 4.36. The summed E-state index contributed by atoms with van der Waals surface area (Å²) in [6.45, 7) is 1.15. The second-order valence-electron chi connectivity index (χ2n) is 8.55. The van der Waals surface area contributed by atoms with E-state index in [1.54, 1.807) is 6.92 Å². The molecule has 0 bridgehead atoms. The zero-order chi connectivity index (χ0) is 27.7. The quantitative estimate of drug-likeness (QED) is 0.239. The monoisotopic (exact) mass is 558 g/mol. The number of ether oxygens (including phenoxy) is 3. The summed E-state index contributed by atoms with van der Waals surface area (Å²) in [4.78, 5) is 13.1. The molecule has 0 aliphatic carbocycles. The average molecular weight is 559 g/mol. The van der Waals surface area contributed by atoms with E-state index < -0.39 is 41.2 Å². The highest BCUT2D eigenvalue weighted by molar-refractivity contribution is 6.33. The summed E-state index contributed by atoms with van der Waals surface area (Å²) in [6, 6.07) is 13.4. The van der Waals surface area contributed by atoms with E-state index >= 15 is 0 Å². The highest BCUT2D eigenvalue weighted by atomic mass is 35.5. The third kappa shape index (κ3) is 5.67. The number of carbonyl (C=O) groups excluding carboxylic acids is 1. The zero-order valence-corrected chi connectivity index (χ0v) is 20.6. The molecule has 0 radical (unpaired) electrons. The van der Waals surface area contributed by atoms with E-state index in [4.69, 9.17) is 25.8 Å². The summed E-state index contributed by atoms with van der Waals surface area (Å²) in [5.74, 6) is -3.65. The van der Waals surface area contributed by atoms with E-state index in [2.05, 4.69) is 0 Å². The van der Waals surface area contributed by atoms with Gasteiger partial charge in [-0.25, -0.2) is 4.79 Å². The van der Waals surface area contributed by atoms with Gasteiger partial charge in [-0.05, 0) is 48.4 Å². The lowest BCUT2D eigenvalue weighted by Gasteiger charge is -2.38. The maximum atomic E-state index is 13.3. The van der Waals surface area contributed by atoms with E-state index in [1.165, 1.54) is 42.5 Å². The number of hydrogen-bond donors (Lipinski definition) is 0. The van der Waals surface area contributed by atoms with Gasteiger partial charge in [-0.2, -0.15) is 26.3 Å². The van der Waals surface area contributed by atoms with Crippen LogP contribution < -0.4 is 0 Å². The number of alkyl halides is 6. The van der Waals surface area contributed by atoms with E-state index in [-0.39, 0.29) is 41.5 Å². The molecule has 1 aliphatic heterocycles. The Balaban J connectivity index is 1.70. The lowest BCUT2D eigenvalue weighted by atomic mass is 9.94. The van der Waals surface area contributed by atoms with Crippen molar-refractivity contribution in [2.75, 3.05) is 19.8 Å². The van der Waals surface area contributed by atoms with Crippen LogP contribution in [-0.2, 0) is 37.1 Å². The van der Waals surface area contributed by atoms with Gasteiger partial charge in [0.05, 0.1) is 30.9 Å². The van der Waals surface area contributed by atoms with Gasteiger partial charge in [-0.3, -0.25) is 0 Å². The Morgan fingerprint density at radius 3 is 2.13 bits per heavy atom. The number of hydrogen-bond acceptors (Lipinski definition) is 4. The predicted molar refractivity (Wildman–Crippen MR) is 126 cm³/mol. The van der Waals surface area contributed by atoms with Gasteiger partial charge in [0.2, 0.25) is 0 Å². The molecule has 38 heavy (non-hydrogen) atoms. The Labute approximate surface area is 219 Å². The van der Waals surface area contributed by atoms with Gasteiger partial charge < -0.3 is 14.2 Å². The lowest BCUT2D eigenvalue weighted by molar-refractivity contribution is -0.281. The van der Waals surface area contributed by atoms with Gasteiger partial charge in [0.15, 0.2) is 0 Å². The zero-order valence-electron chi connectivity index (χ0n) is 19.8. The van der Waals surface area contributed by atoms with Gasteiger partial charge in [0, 0.05) is 22.1 Å².